The molecule has 0 bridgehead atoms. The average molecular weight is 724 g/mol. The minimum atomic E-state index is -0.849. The largest absolute Gasteiger partial charge is 0.481 e. The number of carboxylic acids is 1. The van der Waals surface area contributed by atoms with Crippen molar-refractivity contribution in [2.75, 3.05) is 27.1 Å². The molecule has 13 heteroatoms. The van der Waals surface area contributed by atoms with Gasteiger partial charge in [-0.15, -0.1) is 0 Å². The Morgan fingerprint density at radius 2 is 1.75 bits per heavy atom. The van der Waals surface area contributed by atoms with Crippen LogP contribution in [-0.2, 0) is 23.7 Å². The summed E-state index contributed by atoms with van der Waals surface area (Å²) in [5.74, 6) is -0.773. The highest BCUT2D eigenvalue weighted by Gasteiger charge is 2.59. The fourth-order valence-electron chi connectivity index (χ4n) is 11.0. The quantitative estimate of drug-likeness (QED) is 0.107. The van der Waals surface area contributed by atoms with E-state index < -0.39 is 54.6 Å². The molecular formula is C38H65N3O10. The number of ether oxygens (including phenoxy) is 4. The number of carbonyl (C=O) groups is 1. The van der Waals surface area contributed by atoms with Gasteiger partial charge in [-0.2, -0.15) is 0 Å². The zero-order valence-electron chi connectivity index (χ0n) is 30.6. The lowest BCUT2D eigenvalue weighted by Crippen LogP contribution is -2.63. The summed E-state index contributed by atoms with van der Waals surface area (Å²) < 4.78 is 24.6. The number of methoxy groups -OCH3 is 1. The van der Waals surface area contributed by atoms with Crippen LogP contribution in [0.4, 0.5) is 0 Å². The third-order valence-electron chi connectivity index (χ3n) is 13.7. The summed E-state index contributed by atoms with van der Waals surface area (Å²) in [5.41, 5.74) is 5.78. The van der Waals surface area contributed by atoms with Crippen molar-refractivity contribution in [1.29, 1.82) is 0 Å². The Labute approximate surface area is 303 Å². The number of piperidine rings is 2. The van der Waals surface area contributed by atoms with Crippen LogP contribution in [0.15, 0.2) is 12.2 Å². The highest BCUT2D eigenvalue weighted by Crippen LogP contribution is 2.56. The number of aliphatic hydroxyl groups is 4. The minimum Gasteiger partial charge on any atom is -0.481 e. The Bertz CT molecular complexity index is 1160. The van der Waals surface area contributed by atoms with E-state index in [9.17, 15) is 30.3 Å². The first-order valence-electron chi connectivity index (χ1n) is 19.7. The molecule has 9 unspecified atom stereocenters. The molecule has 3 saturated heterocycles. The first-order chi connectivity index (χ1) is 24.5. The van der Waals surface area contributed by atoms with Crippen LogP contribution in [0.1, 0.15) is 90.4 Å². The van der Waals surface area contributed by atoms with Gasteiger partial charge < -0.3 is 60.8 Å². The van der Waals surface area contributed by atoms with Crippen LogP contribution >= 0.6 is 0 Å². The van der Waals surface area contributed by atoms with E-state index in [0.29, 0.717) is 44.4 Å². The molecule has 2 saturated carbocycles. The normalized spacial score (nSPS) is 47.8. The van der Waals surface area contributed by atoms with Crippen LogP contribution in [0.2, 0.25) is 0 Å². The van der Waals surface area contributed by atoms with Crippen LogP contribution in [0, 0.1) is 35.0 Å². The lowest BCUT2D eigenvalue weighted by Gasteiger charge is -2.53. The highest BCUT2D eigenvalue weighted by molar-refractivity contribution is 5.74. The minimum absolute atomic E-state index is 0.00375. The molecule has 13 nitrogen and oxygen atoms in total. The Hall–Kier alpha value is -1.23. The van der Waals surface area contributed by atoms with Crippen molar-refractivity contribution in [2.45, 2.75) is 157 Å². The fraction of sp³-hybridized carbons (Fsp3) is 0.921. The van der Waals surface area contributed by atoms with Crippen LogP contribution < -0.4 is 16.4 Å². The molecule has 0 radical (unpaired) electrons. The number of nitrogens with two attached hydrogens (primary N) is 1. The average Bonchev–Trinajstić information content (AvgIpc) is 3.49. The van der Waals surface area contributed by atoms with E-state index in [4.69, 9.17) is 24.7 Å². The van der Waals surface area contributed by atoms with Gasteiger partial charge in [-0.25, -0.2) is 0 Å². The Balaban J connectivity index is 1.12. The van der Waals surface area contributed by atoms with E-state index in [0.717, 1.165) is 51.5 Å². The number of allylic oxidation sites excluding steroid dienone is 1. The summed E-state index contributed by atoms with van der Waals surface area (Å²) in [7, 11) is 1.61. The van der Waals surface area contributed by atoms with Crippen molar-refractivity contribution in [1.82, 2.24) is 10.6 Å². The van der Waals surface area contributed by atoms with Gasteiger partial charge >= 0.3 is 5.97 Å². The topological polar surface area (TPSA) is 205 Å². The van der Waals surface area contributed by atoms with Crippen LogP contribution in [-0.4, -0.2) is 126 Å². The second-order valence-electron chi connectivity index (χ2n) is 16.8. The van der Waals surface area contributed by atoms with Gasteiger partial charge in [0.05, 0.1) is 61.4 Å². The predicted molar refractivity (Wildman–Crippen MR) is 188 cm³/mol. The molecule has 292 valence electrons. The van der Waals surface area contributed by atoms with Gasteiger partial charge in [-0.1, -0.05) is 12.2 Å². The highest BCUT2D eigenvalue weighted by atomic mass is 16.6. The second kappa shape index (κ2) is 17.5. The summed E-state index contributed by atoms with van der Waals surface area (Å²) in [6.07, 6.45) is 9.89. The van der Waals surface area contributed by atoms with Crippen LogP contribution in [0.25, 0.3) is 0 Å². The molecule has 1 spiro atoms. The van der Waals surface area contributed by atoms with E-state index >= 15 is 0 Å². The van der Waals surface area contributed by atoms with Gasteiger partial charge in [0.1, 0.15) is 12.9 Å². The van der Waals surface area contributed by atoms with Gasteiger partial charge in [-0.3, -0.25) is 4.79 Å². The summed E-state index contributed by atoms with van der Waals surface area (Å²) in [6, 6.07) is -0.0331. The molecule has 6 aliphatic rings. The van der Waals surface area contributed by atoms with Gasteiger partial charge in [-0.05, 0) is 121 Å². The molecule has 0 amide bonds. The molecule has 0 aromatic carbocycles. The lowest BCUT2D eigenvalue weighted by atomic mass is 9.57. The molecule has 3 heterocycles. The number of rotatable bonds is 12. The van der Waals surface area contributed by atoms with Crippen molar-refractivity contribution in [3.05, 3.63) is 12.2 Å². The molecule has 17 atom stereocenters. The van der Waals surface area contributed by atoms with E-state index in [1.54, 1.807) is 7.11 Å². The van der Waals surface area contributed by atoms with Crippen molar-refractivity contribution < 1.29 is 49.3 Å². The van der Waals surface area contributed by atoms with Gasteiger partial charge in [0, 0.05) is 24.6 Å². The van der Waals surface area contributed by atoms with E-state index in [2.05, 4.69) is 23.6 Å². The summed E-state index contributed by atoms with van der Waals surface area (Å²) in [5, 5.41) is 59.6. The first-order valence-corrected chi connectivity index (χ1v) is 19.7. The number of hydrogen-bond acceptors (Lipinski definition) is 12. The van der Waals surface area contributed by atoms with Gasteiger partial charge in [0.25, 0.3) is 0 Å². The molecule has 6 rings (SSSR count). The molecule has 0 aromatic heterocycles. The molecule has 0 aromatic rings. The zero-order valence-corrected chi connectivity index (χ0v) is 30.6. The van der Waals surface area contributed by atoms with Crippen LogP contribution in [0.5, 0.6) is 0 Å². The summed E-state index contributed by atoms with van der Waals surface area (Å²) in [6.45, 7) is 2.82. The number of aliphatic hydroxyl groups excluding tert-OH is 4. The third-order valence-corrected chi connectivity index (χ3v) is 13.7. The predicted octanol–water partition coefficient (Wildman–Crippen LogP) is 1.64. The second-order valence-corrected chi connectivity index (χ2v) is 16.8. The van der Waals surface area contributed by atoms with E-state index in [1.165, 1.54) is 0 Å². The van der Waals surface area contributed by atoms with E-state index in [1.807, 2.05) is 6.08 Å². The van der Waals surface area contributed by atoms with Crippen molar-refractivity contribution in [3.8, 4) is 0 Å². The monoisotopic (exact) mass is 723 g/mol. The molecular weight excluding hydrogens is 658 g/mol. The Morgan fingerprint density at radius 3 is 2.49 bits per heavy atom. The first kappa shape index (κ1) is 39.5. The standard InChI is InChI=1S/C38H65N3O10/c1-21-9-11-38(27(6-7-28(38)37(46)47)23-10-12-40-35(39)16-23)34(41-21)19-49-33-15-24(14-32(48-2)36(33)45)30-18-25(43)17-26(51-30)5-3-22-4-8-29(44)31(13-22)50-20-42/h6-7,21-36,40-45H,3-5,8-20,39H2,1-2H3,(H,46,47)/t21-,22?,23?,24?,25-,26-,27+,28+,29?,30+,31?,32?,33?,34+,35?,36?,38+/m0/s1. The van der Waals surface area contributed by atoms with Crippen LogP contribution in [0.3, 0.4) is 0 Å². The number of hydrogen-bond donors (Lipinski definition) is 8. The molecule has 9 N–H and O–H groups in total. The molecule has 51 heavy (non-hydrogen) atoms. The number of nitrogens with one attached hydrogen (secondary N) is 2. The van der Waals surface area contributed by atoms with Crippen molar-refractivity contribution in [3.63, 3.8) is 0 Å². The fourth-order valence-corrected chi connectivity index (χ4v) is 11.0. The summed E-state index contributed by atoms with van der Waals surface area (Å²) >= 11 is 0. The van der Waals surface area contributed by atoms with Crippen molar-refractivity contribution >= 4 is 5.97 Å². The molecule has 3 aliphatic heterocycles. The Kier molecular flexibility index (Phi) is 13.5. The molecule has 3 aliphatic carbocycles. The third kappa shape index (κ3) is 8.85. The lowest BCUT2D eigenvalue weighted by molar-refractivity contribution is -0.183. The van der Waals surface area contributed by atoms with Gasteiger partial charge in [0.2, 0.25) is 0 Å². The Morgan fingerprint density at radius 1 is 0.941 bits per heavy atom. The maximum atomic E-state index is 12.8. The van der Waals surface area contributed by atoms with Gasteiger partial charge in [0.15, 0.2) is 0 Å². The number of carboxylic acid groups (broad SMARTS) is 1. The molecule has 5 fully saturated rings. The summed E-state index contributed by atoms with van der Waals surface area (Å²) in [4.78, 5) is 12.8. The zero-order chi connectivity index (χ0) is 36.3. The maximum Gasteiger partial charge on any atom is 0.311 e. The van der Waals surface area contributed by atoms with Crippen molar-refractivity contribution in [2.24, 2.45) is 40.7 Å². The smallest absolute Gasteiger partial charge is 0.311 e. The maximum absolute atomic E-state index is 12.8. The van der Waals surface area contributed by atoms with E-state index in [-0.39, 0.29) is 60.9 Å². The number of aliphatic carboxylic acids is 1. The SMILES string of the molecule is COC1CC([C@H]2C[C@@H](O)C[C@H](CCC3CCC(O)C(OCO)C3)O2)CC(OC[C@H]2N[C@@H](C)CC[C@@]23[C@@H](C(=O)O)C=C[C@@H]3C2CCNC(N)C2)C1O.